The van der Waals surface area contributed by atoms with E-state index in [-0.39, 0.29) is 35.3 Å². The molecule has 58 heavy (non-hydrogen) atoms. The van der Waals surface area contributed by atoms with Crippen LogP contribution in [0.2, 0.25) is 0 Å². The highest BCUT2D eigenvalue weighted by Crippen LogP contribution is 2.44. The van der Waals surface area contributed by atoms with Crippen molar-refractivity contribution < 1.29 is 13.7 Å². The van der Waals surface area contributed by atoms with Crippen molar-refractivity contribution in [3.8, 4) is 39.1 Å². The molecule has 272 valence electrons. The van der Waals surface area contributed by atoms with Crippen molar-refractivity contribution >= 4 is 60.4 Å². The standard InChI is InChI=1S/C56H38N2/c1-4-14-39(15-5-1)41-24-31-46(32-25-41)57(47-33-26-42(27-34-47)40-16-6-2-7-17-40)48-35-28-43(29-36-48)44-30-37-54-53(38-44)55-51-22-12-10-20-49(51)50-21-11-13-23-52(50)56(55)58(54)45-18-8-3-9-19-45/h1-38H/i1D,2D,4D,5D,6D,7D,14D,15D,16D,17D. The Balaban J connectivity index is 1.05. The van der Waals surface area contributed by atoms with Gasteiger partial charge in [-0.25, -0.2) is 0 Å². The van der Waals surface area contributed by atoms with Crippen molar-refractivity contribution in [2.24, 2.45) is 0 Å². The zero-order valence-corrected chi connectivity index (χ0v) is 31.1. The van der Waals surface area contributed by atoms with Crippen LogP contribution in [0.25, 0.3) is 82.4 Å². The first-order valence-electron chi connectivity index (χ1n) is 24.1. The molecule has 0 radical (unpaired) electrons. The lowest BCUT2D eigenvalue weighted by atomic mass is 9.95. The van der Waals surface area contributed by atoms with Crippen molar-refractivity contribution in [1.82, 2.24) is 4.57 Å². The van der Waals surface area contributed by atoms with E-state index >= 15 is 0 Å². The van der Waals surface area contributed by atoms with Crippen molar-refractivity contribution in [2.45, 2.75) is 0 Å². The predicted octanol–water partition coefficient (Wildman–Crippen LogP) is 15.6. The fourth-order valence-electron chi connectivity index (χ4n) is 8.30. The van der Waals surface area contributed by atoms with Gasteiger partial charge in [-0.3, -0.25) is 0 Å². The lowest BCUT2D eigenvalue weighted by Crippen LogP contribution is -2.09. The second-order valence-electron chi connectivity index (χ2n) is 14.2. The minimum absolute atomic E-state index is 0.103. The molecule has 0 bridgehead atoms. The van der Waals surface area contributed by atoms with Gasteiger partial charge >= 0.3 is 0 Å². The van der Waals surface area contributed by atoms with Crippen LogP contribution in [0.5, 0.6) is 0 Å². The van der Waals surface area contributed by atoms with Gasteiger partial charge in [-0.05, 0) is 110 Å². The molecule has 0 atom stereocenters. The Morgan fingerprint density at radius 1 is 0.345 bits per heavy atom. The number of benzene rings is 10. The maximum absolute atomic E-state index is 8.58. The van der Waals surface area contributed by atoms with Gasteiger partial charge in [0.2, 0.25) is 0 Å². The Morgan fingerprint density at radius 3 is 1.31 bits per heavy atom. The molecular formula is C56H38N2. The molecular weight excluding hydrogens is 701 g/mol. The first-order chi connectivity index (χ1) is 32.9. The highest BCUT2D eigenvalue weighted by molar-refractivity contribution is 6.32. The highest BCUT2D eigenvalue weighted by Gasteiger charge is 2.20. The molecule has 0 aliphatic heterocycles. The average Bonchev–Trinajstić information content (AvgIpc) is 3.73. The third-order valence-corrected chi connectivity index (χ3v) is 10.9. The molecule has 2 heteroatoms. The molecule has 1 heterocycles. The highest BCUT2D eigenvalue weighted by atomic mass is 15.1. The van der Waals surface area contributed by atoms with E-state index in [9.17, 15) is 0 Å². The molecule has 0 aliphatic carbocycles. The van der Waals surface area contributed by atoms with Gasteiger partial charge in [0.25, 0.3) is 0 Å². The van der Waals surface area contributed by atoms with E-state index in [1.54, 1.807) is 24.3 Å². The molecule has 0 unspecified atom stereocenters. The maximum Gasteiger partial charge on any atom is 0.0629 e. The molecule has 0 N–H and O–H groups in total. The molecule has 10 aromatic carbocycles. The summed E-state index contributed by atoms with van der Waals surface area (Å²) in [7, 11) is 0. The van der Waals surface area contributed by atoms with Crippen LogP contribution >= 0.6 is 0 Å². The van der Waals surface area contributed by atoms with Crippen LogP contribution in [0.1, 0.15) is 13.7 Å². The zero-order chi connectivity index (χ0) is 47.1. The number of fused-ring (bicyclic) bond motifs is 8. The van der Waals surface area contributed by atoms with E-state index in [0.29, 0.717) is 22.5 Å². The van der Waals surface area contributed by atoms with Crippen LogP contribution in [-0.2, 0) is 0 Å². The summed E-state index contributed by atoms with van der Waals surface area (Å²) in [6.07, 6.45) is 0. The molecule has 0 amide bonds. The lowest BCUT2D eigenvalue weighted by molar-refractivity contribution is 1.19. The summed E-state index contributed by atoms with van der Waals surface area (Å²) in [5, 5.41) is 7.06. The minimum Gasteiger partial charge on any atom is -0.311 e. The number of rotatable bonds is 7. The third-order valence-electron chi connectivity index (χ3n) is 10.9. The molecule has 11 aromatic rings. The predicted molar refractivity (Wildman–Crippen MR) is 247 cm³/mol. The van der Waals surface area contributed by atoms with Gasteiger partial charge in [-0.2, -0.15) is 0 Å². The normalized spacial score (nSPS) is 13.9. The topological polar surface area (TPSA) is 8.17 Å². The SMILES string of the molecule is [2H]c1c([2H])c([2H])c(-c2ccc(N(c3ccc(-c4ccc5c(c4)c4c6ccccc6c6ccccc6c4n5-c4ccccc4)cc3)c3ccc(-c4c([2H])c([2H])c([2H])c([2H])c4[2H])cc3)cc2)c([2H])c1[2H]. The summed E-state index contributed by atoms with van der Waals surface area (Å²) in [5.41, 5.74) is 8.68. The Kier molecular flexibility index (Phi) is 6.02. The van der Waals surface area contributed by atoms with Gasteiger partial charge in [0.05, 0.1) is 24.7 Å². The average molecular weight is 749 g/mol. The smallest absolute Gasteiger partial charge is 0.0629 e. The molecule has 0 saturated heterocycles. The summed E-state index contributed by atoms with van der Waals surface area (Å²) >= 11 is 0. The molecule has 1 aromatic heterocycles. The number of para-hydroxylation sites is 1. The molecule has 0 spiro atoms. The number of nitrogens with zero attached hydrogens (tertiary/aromatic N) is 2. The maximum atomic E-state index is 8.58. The van der Waals surface area contributed by atoms with Crippen LogP contribution in [0.4, 0.5) is 17.1 Å². The second-order valence-corrected chi connectivity index (χ2v) is 14.2. The number of hydrogen-bond donors (Lipinski definition) is 0. The van der Waals surface area contributed by atoms with E-state index in [1.165, 1.54) is 26.9 Å². The van der Waals surface area contributed by atoms with Crippen LogP contribution < -0.4 is 4.90 Å². The molecule has 0 fully saturated rings. The summed E-state index contributed by atoms with van der Waals surface area (Å²) in [5.74, 6) is 0. The Labute approximate surface area is 352 Å². The summed E-state index contributed by atoms with van der Waals surface area (Å²) in [4.78, 5) is 2.01. The first kappa shape index (κ1) is 24.8. The lowest BCUT2D eigenvalue weighted by Gasteiger charge is -2.26. The molecule has 2 nitrogen and oxygen atoms in total. The van der Waals surface area contributed by atoms with Gasteiger partial charge in [-0.15, -0.1) is 0 Å². The summed E-state index contributed by atoms with van der Waals surface area (Å²) < 4.78 is 85.8. The number of aromatic nitrogens is 1. The largest absolute Gasteiger partial charge is 0.311 e. The minimum atomic E-state index is -0.456. The van der Waals surface area contributed by atoms with Crippen molar-refractivity contribution in [1.29, 1.82) is 0 Å². The monoisotopic (exact) mass is 748 g/mol. The van der Waals surface area contributed by atoms with E-state index in [1.807, 2.05) is 47.4 Å². The summed E-state index contributed by atoms with van der Waals surface area (Å²) in [6, 6.07) is 53.1. The van der Waals surface area contributed by atoms with Crippen LogP contribution in [0.3, 0.4) is 0 Å². The van der Waals surface area contributed by atoms with E-state index in [4.69, 9.17) is 13.7 Å². The fourth-order valence-corrected chi connectivity index (χ4v) is 8.30. The Bertz CT molecular complexity index is 3660. The van der Waals surface area contributed by atoms with Crippen molar-refractivity contribution in [3.63, 3.8) is 0 Å². The summed E-state index contributed by atoms with van der Waals surface area (Å²) in [6.45, 7) is 0. The Hall–Kier alpha value is -7.68. The van der Waals surface area contributed by atoms with Crippen molar-refractivity contribution in [2.75, 3.05) is 4.90 Å². The first-order valence-corrected chi connectivity index (χ1v) is 19.1. The van der Waals surface area contributed by atoms with Gasteiger partial charge in [0.15, 0.2) is 0 Å². The molecule has 11 rings (SSSR count). The van der Waals surface area contributed by atoms with E-state index in [0.717, 1.165) is 38.9 Å². The number of hydrogen-bond acceptors (Lipinski definition) is 1. The van der Waals surface area contributed by atoms with E-state index in [2.05, 4.69) is 108 Å². The molecule has 0 aliphatic rings. The van der Waals surface area contributed by atoms with Crippen LogP contribution in [-0.4, -0.2) is 4.57 Å². The van der Waals surface area contributed by atoms with Crippen LogP contribution in [0, 0.1) is 0 Å². The second kappa shape index (κ2) is 14.1. The number of anilines is 3. The van der Waals surface area contributed by atoms with Crippen molar-refractivity contribution in [3.05, 3.63) is 230 Å². The van der Waals surface area contributed by atoms with Gasteiger partial charge < -0.3 is 9.47 Å². The third kappa shape index (κ3) is 5.74. The van der Waals surface area contributed by atoms with Crippen LogP contribution in [0.15, 0.2) is 230 Å². The quantitative estimate of drug-likeness (QED) is 0.147. The fraction of sp³-hybridized carbons (Fsp3) is 0. The van der Waals surface area contributed by atoms with E-state index < -0.39 is 36.3 Å². The zero-order valence-electron chi connectivity index (χ0n) is 41.1. The van der Waals surface area contributed by atoms with Gasteiger partial charge in [0.1, 0.15) is 0 Å². The van der Waals surface area contributed by atoms with Gasteiger partial charge in [0, 0.05) is 38.9 Å². The van der Waals surface area contributed by atoms with Gasteiger partial charge in [-0.1, -0.05) is 170 Å². The Morgan fingerprint density at radius 2 is 0.776 bits per heavy atom. The molecule has 0 saturated carbocycles.